The summed E-state index contributed by atoms with van der Waals surface area (Å²) in [6, 6.07) is 9.39. The molecule has 2 heterocycles. The maximum absolute atomic E-state index is 12.3. The van der Waals surface area contributed by atoms with E-state index in [0.29, 0.717) is 39.0 Å². The van der Waals surface area contributed by atoms with Gasteiger partial charge in [-0.05, 0) is 18.4 Å². The molecule has 0 bridgehead atoms. The molecule has 6 nitrogen and oxygen atoms in total. The molecular formula is C18H24N2O4. The third kappa shape index (κ3) is 4.13. The van der Waals surface area contributed by atoms with E-state index in [4.69, 9.17) is 4.74 Å². The van der Waals surface area contributed by atoms with E-state index in [9.17, 15) is 14.7 Å². The van der Waals surface area contributed by atoms with E-state index in [0.717, 1.165) is 5.56 Å². The number of hydrogen-bond acceptors (Lipinski definition) is 4. The summed E-state index contributed by atoms with van der Waals surface area (Å²) < 4.78 is 5.15. The van der Waals surface area contributed by atoms with Gasteiger partial charge in [-0.2, -0.15) is 0 Å². The lowest BCUT2D eigenvalue weighted by Crippen LogP contribution is -2.48. The van der Waals surface area contributed by atoms with Gasteiger partial charge in [0.25, 0.3) is 0 Å². The monoisotopic (exact) mass is 332 g/mol. The minimum atomic E-state index is -0.624. The fraction of sp³-hybridized carbons (Fsp3) is 0.556. The molecule has 0 aliphatic carbocycles. The predicted molar refractivity (Wildman–Crippen MR) is 88.2 cm³/mol. The highest BCUT2D eigenvalue weighted by Gasteiger charge is 2.32. The molecule has 0 unspecified atom stereocenters. The molecule has 0 saturated carbocycles. The number of nitrogens with zero attached hydrogens (tertiary/aromatic N) is 1. The van der Waals surface area contributed by atoms with Crippen LogP contribution in [0.5, 0.6) is 0 Å². The second-order valence-electron chi connectivity index (χ2n) is 6.54. The molecule has 1 aromatic carbocycles. The summed E-state index contributed by atoms with van der Waals surface area (Å²) >= 11 is 0. The van der Waals surface area contributed by atoms with Gasteiger partial charge in [-0.25, -0.2) is 0 Å². The van der Waals surface area contributed by atoms with Gasteiger partial charge in [0, 0.05) is 19.0 Å². The van der Waals surface area contributed by atoms with Gasteiger partial charge in [0.2, 0.25) is 11.8 Å². The van der Waals surface area contributed by atoms with E-state index in [2.05, 4.69) is 5.32 Å². The van der Waals surface area contributed by atoms with Crippen LogP contribution in [0, 0.1) is 5.92 Å². The molecular weight excluding hydrogens is 308 g/mol. The smallest absolute Gasteiger partial charge is 0.226 e. The van der Waals surface area contributed by atoms with E-state index >= 15 is 0 Å². The van der Waals surface area contributed by atoms with Crippen LogP contribution in [-0.2, 0) is 20.7 Å². The first-order valence-electron chi connectivity index (χ1n) is 8.51. The predicted octanol–water partition coefficient (Wildman–Crippen LogP) is 0.344. The molecule has 24 heavy (non-hydrogen) atoms. The molecule has 3 rings (SSSR count). The zero-order chi connectivity index (χ0) is 16.9. The first kappa shape index (κ1) is 16.9. The Balaban J connectivity index is 1.45. The van der Waals surface area contributed by atoms with E-state index in [1.807, 2.05) is 35.2 Å². The summed E-state index contributed by atoms with van der Waals surface area (Å²) in [5.74, 6) is -0.0297. The number of hydrogen-bond donors (Lipinski definition) is 2. The molecule has 1 aromatic rings. The zero-order valence-corrected chi connectivity index (χ0v) is 13.7. The summed E-state index contributed by atoms with van der Waals surface area (Å²) in [5, 5.41) is 12.6. The average Bonchev–Trinajstić information content (AvgIpc) is 3.00. The van der Waals surface area contributed by atoms with Crippen LogP contribution < -0.4 is 5.32 Å². The van der Waals surface area contributed by atoms with Crippen LogP contribution in [0.4, 0.5) is 0 Å². The van der Waals surface area contributed by atoms with Gasteiger partial charge in [0.05, 0.1) is 31.8 Å². The number of aliphatic hydroxyl groups excluding tert-OH is 1. The molecule has 2 fully saturated rings. The molecule has 2 atom stereocenters. The number of piperidine rings is 1. The van der Waals surface area contributed by atoms with Gasteiger partial charge in [-0.1, -0.05) is 30.3 Å². The highest BCUT2D eigenvalue weighted by molar-refractivity contribution is 5.81. The minimum Gasteiger partial charge on any atom is -0.388 e. The molecule has 2 N–H and O–H groups in total. The van der Waals surface area contributed by atoms with E-state index < -0.39 is 6.10 Å². The van der Waals surface area contributed by atoms with Crippen molar-refractivity contribution < 1.29 is 19.4 Å². The van der Waals surface area contributed by atoms with Crippen LogP contribution in [-0.4, -0.2) is 60.3 Å². The molecule has 0 spiro atoms. The third-order valence-electron chi connectivity index (χ3n) is 4.79. The standard InChI is InChI=1S/C18H24N2O4/c21-16-12-24-11-15(16)19-18(23)14-6-8-20(9-7-14)17(22)10-13-4-2-1-3-5-13/h1-5,14-16,21H,6-12H2,(H,19,23)/t15-,16-/m0/s1. The Kier molecular flexibility index (Phi) is 5.48. The van der Waals surface area contributed by atoms with Crippen LogP contribution in [0.25, 0.3) is 0 Å². The number of aliphatic hydroxyl groups is 1. The van der Waals surface area contributed by atoms with Crippen molar-refractivity contribution in [3.8, 4) is 0 Å². The van der Waals surface area contributed by atoms with Gasteiger partial charge in [0.15, 0.2) is 0 Å². The molecule has 0 aromatic heterocycles. The second kappa shape index (κ2) is 7.77. The van der Waals surface area contributed by atoms with Gasteiger partial charge >= 0.3 is 0 Å². The van der Waals surface area contributed by atoms with Crippen molar-refractivity contribution in [2.75, 3.05) is 26.3 Å². The molecule has 2 aliphatic heterocycles. The van der Waals surface area contributed by atoms with Crippen molar-refractivity contribution in [3.05, 3.63) is 35.9 Å². The molecule has 6 heteroatoms. The van der Waals surface area contributed by atoms with Crippen molar-refractivity contribution in [3.63, 3.8) is 0 Å². The van der Waals surface area contributed by atoms with Gasteiger partial charge in [-0.3, -0.25) is 9.59 Å². The number of likely N-dealkylation sites (tertiary alicyclic amines) is 1. The average molecular weight is 332 g/mol. The quantitative estimate of drug-likeness (QED) is 0.834. The number of nitrogens with one attached hydrogen (secondary N) is 1. The van der Waals surface area contributed by atoms with Crippen molar-refractivity contribution in [2.45, 2.75) is 31.4 Å². The lowest BCUT2D eigenvalue weighted by atomic mass is 9.95. The van der Waals surface area contributed by atoms with Gasteiger partial charge in [0.1, 0.15) is 0 Å². The van der Waals surface area contributed by atoms with Gasteiger partial charge < -0.3 is 20.1 Å². The summed E-state index contributed by atoms with van der Waals surface area (Å²) in [7, 11) is 0. The molecule has 0 radical (unpaired) electrons. The Labute approximate surface area is 141 Å². The largest absolute Gasteiger partial charge is 0.388 e. The number of carbonyl (C=O) groups is 2. The Bertz CT molecular complexity index is 570. The number of amides is 2. The maximum atomic E-state index is 12.3. The number of carbonyl (C=O) groups excluding carboxylic acids is 2. The summed E-state index contributed by atoms with van der Waals surface area (Å²) in [5.41, 5.74) is 1.01. The van der Waals surface area contributed by atoms with Crippen LogP contribution in [0.1, 0.15) is 18.4 Å². The minimum absolute atomic E-state index is 0.0419. The Morgan fingerprint density at radius 3 is 2.50 bits per heavy atom. The number of benzene rings is 1. The van der Waals surface area contributed by atoms with E-state index in [-0.39, 0.29) is 30.4 Å². The van der Waals surface area contributed by atoms with Crippen LogP contribution in [0.15, 0.2) is 30.3 Å². The normalized spacial score (nSPS) is 24.8. The molecule has 2 aliphatic rings. The van der Waals surface area contributed by atoms with E-state index in [1.165, 1.54) is 0 Å². The van der Waals surface area contributed by atoms with Gasteiger partial charge in [-0.15, -0.1) is 0 Å². The summed E-state index contributed by atoms with van der Waals surface area (Å²) in [6.07, 6.45) is 1.11. The SMILES string of the molecule is O=C(N[C@H]1COC[C@@H]1O)C1CCN(C(=O)Cc2ccccc2)CC1. The lowest BCUT2D eigenvalue weighted by molar-refractivity contribution is -0.135. The first-order valence-corrected chi connectivity index (χ1v) is 8.51. The Morgan fingerprint density at radius 1 is 1.17 bits per heavy atom. The second-order valence-corrected chi connectivity index (χ2v) is 6.54. The third-order valence-corrected chi connectivity index (χ3v) is 4.79. The number of ether oxygens (including phenoxy) is 1. The molecule has 2 amide bonds. The van der Waals surface area contributed by atoms with Crippen molar-refractivity contribution in [2.24, 2.45) is 5.92 Å². The Morgan fingerprint density at radius 2 is 1.88 bits per heavy atom. The summed E-state index contributed by atoms with van der Waals surface area (Å²) in [6.45, 7) is 1.85. The highest BCUT2D eigenvalue weighted by Crippen LogP contribution is 2.19. The topological polar surface area (TPSA) is 78.9 Å². The number of rotatable bonds is 4. The maximum Gasteiger partial charge on any atom is 0.226 e. The van der Waals surface area contributed by atoms with Crippen LogP contribution in [0.2, 0.25) is 0 Å². The summed E-state index contributed by atoms with van der Waals surface area (Å²) in [4.78, 5) is 26.5. The zero-order valence-electron chi connectivity index (χ0n) is 13.7. The van der Waals surface area contributed by atoms with Crippen LogP contribution in [0.3, 0.4) is 0 Å². The highest BCUT2D eigenvalue weighted by atomic mass is 16.5. The first-order chi connectivity index (χ1) is 11.6. The molecule has 2 saturated heterocycles. The fourth-order valence-electron chi connectivity index (χ4n) is 3.25. The van der Waals surface area contributed by atoms with Crippen LogP contribution >= 0.6 is 0 Å². The van der Waals surface area contributed by atoms with Crippen molar-refractivity contribution in [1.29, 1.82) is 0 Å². The fourth-order valence-corrected chi connectivity index (χ4v) is 3.25. The van der Waals surface area contributed by atoms with E-state index in [1.54, 1.807) is 0 Å². The lowest BCUT2D eigenvalue weighted by Gasteiger charge is -2.32. The Hall–Kier alpha value is -1.92. The van der Waals surface area contributed by atoms with Crippen molar-refractivity contribution in [1.82, 2.24) is 10.2 Å². The van der Waals surface area contributed by atoms with Crippen molar-refractivity contribution >= 4 is 11.8 Å². The molecule has 130 valence electrons.